The molecule has 1 fully saturated rings. The van der Waals surface area contributed by atoms with E-state index in [-0.39, 0.29) is 5.54 Å². The van der Waals surface area contributed by atoms with Crippen molar-refractivity contribution in [3.8, 4) is 0 Å². The zero-order valence-corrected chi connectivity index (χ0v) is 9.67. The Kier molecular flexibility index (Phi) is 3.89. The molecule has 4 nitrogen and oxygen atoms in total. The fraction of sp³-hybridized carbons (Fsp3) is 1.00. The fourth-order valence-electron chi connectivity index (χ4n) is 1.72. The molecule has 0 aromatic rings. The number of likely N-dealkylation sites (N-methyl/N-ethyl adjacent to an activating group) is 1. The van der Waals surface area contributed by atoms with Crippen LogP contribution in [0.1, 0.15) is 27.2 Å². The van der Waals surface area contributed by atoms with Crippen molar-refractivity contribution in [2.24, 2.45) is 0 Å². The Bertz CT molecular complexity index is 179. The summed E-state index contributed by atoms with van der Waals surface area (Å²) in [5.41, 5.74) is -0.0445. The molecule has 0 saturated carbocycles. The summed E-state index contributed by atoms with van der Waals surface area (Å²) >= 11 is 0. The van der Waals surface area contributed by atoms with Crippen LogP contribution in [0.3, 0.4) is 0 Å². The van der Waals surface area contributed by atoms with Crippen LogP contribution in [0.2, 0.25) is 0 Å². The molecule has 1 rings (SSSR count). The highest BCUT2D eigenvalue weighted by Gasteiger charge is 2.27. The number of likely N-dealkylation sites (tertiary alicyclic amines) is 1. The largest absolute Gasteiger partial charge is 0.365 e. The normalized spacial score (nSPS) is 26.8. The summed E-state index contributed by atoms with van der Waals surface area (Å²) in [6.07, 6.45) is 0.590. The van der Waals surface area contributed by atoms with Gasteiger partial charge in [-0.05, 0) is 34.2 Å². The third-order valence-electron chi connectivity index (χ3n) is 2.54. The van der Waals surface area contributed by atoms with Crippen LogP contribution in [0.25, 0.3) is 0 Å². The first-order valence-corrected chi connectivity index (χ1v) is 5.29. The van der Waals surface area contributed by atoms with Gasteiger partial charge in [-0.15, -0.1) is 0 Å². The zero-order chi connectivity index (χ0) is 10.8. The van der Waals surface area contributed by atoms with Gasteiger partial charge in [0.1, 0.15) is 0 Å². The van der Waals surface area contributed by atoms with Crippen molar-refractivity contribution in [2.45, 2.75) is 45.1 Å². The Morgan fingerprint density at radius 3 is 2.50 bits per heavy atom. The molecule has 1 saturated heterocycles. The molecule has 1 heterocycles. The van der Waals surface area contributed by atoms with Gasteiger partial charge in [0.05, 0.1) is 0 Å². The Labute approximate surface area is 86.7 Å². The number of aliphatic hydroxyl groups excluding tert-OH is 1. The minimum Gasteiger partial charge on any atom is -0.365 e. The molecule has 3 N–H and O–H groups in total. The number of nitrogens with one attached hydrogen (secondary N) is 2. The summed E-state index contributed by atoms with van der Waals surface area (Å²) in [6.45, 7) is 8.04. The van der Waals surface area contributed by atoms with Gasteiger partial charge in [-0.1, -0.05) is 0 Å². The summed E-state index contributed by atoms with van der Waals surface area (Å²) in [5.74, 6) is 0. The number of nitrogens with zero attached hydrogens (tertiary/aromatic N) is 1. The summed E-state index contributed by atoms with van der Waals surface area (Å²) in [4.78, 5) is 2.06. The topological polar surface area (TPSA) is 47.5 Å². The average molecular weight is 201 g/mol. The van der Waals surface area contributed by atoms with Crippen LogP contribution in [0.4, 0.5) is 0 Å². The van der Waals surface area contributed by atoms with E-state index in [0.717, 1.165) is 19.5 Å². The van der Waals surface area contributed by atoms with E-state index in [0.29, 0.717) is 6.04 Å². The summed E-state index contributed by atoms with van der Waals surface area (Å²) in [6, 6.07) is 0.520. The lowest BCUT2D eigenvalue weighted by molar-refractivity contribution is -0.0258. The summed E-state index contributed by atoms with van der Waals surface area (Å²) in [5, 5.41) is 16.3. The molecule has 2 unspecified atom stereocenters. The lowest BCUT2D eigenvalue weighted by Crippen LogP contribution is -2.52. The predicted octanol–water partition coefficient (Wildman–Crippen LogP) is -0.0559. The van der Waals surface area contributed by atoms with E-state index in [2.05, 4.69) is 36.3 Å². The second kappa shape index (κ2) is 4.57. The van der Waals surface area contributed by atoms with Crippen molar-refractivity contribution < 1.29 is 5.11 Å². The molecule has 14 heavy (non-hydrogen) atoms. The van der Waals surface area contributed by atoms with Gasteiger partial charge in [0.2, 0.25) is 0 Å². The monoisotopic (exact) mass is 201 g/mol. The molecular formula is C10H23N3O. The van der Waals surface area contributed by atoms with Crippen LogP contribution in [0.15, 0.2) is 0 Å². The first-order chi connectivity index (χ1) is 6.42. The van der Waals surface area contributed by atoms with Crippen molar-refractivity contribution in [3.63, 3.8) is 0 Å². The Morgan fingerprint density at radius 1 is 1.43 bits per heavy atom. The molecule has 0 aromatic carbocycles. The highest BCUT2D eigenvalue weighted by atomic mass is 16.3. The van der Waals surface area contributed by atoms with Gasteiger partial charge in [0.15, 0.2) is 6.35 Å². The molecule has 0 radical (unpaired) electrons. The van der Waals surface area contributed by atoms with E-state index in [9.17, 15) is 5.11 Å². The van der Waals surface area contributed by atoms with Crippen LogP contribution in [0, 0.1) is 0 Å². The van der Waals surface area contributed by atoms with Gasteiger partial charge in [0, 0.05) is 24.7 Å². The zero-order valence-electron chi connectivity index (χ0n) is 9.67. The van der Waals surface area contributed by atoms with Gasteiger partial charge < -0.3 is 10.4 Å². The standard InChI is InChI=1S/C10H23N3O/c1-10(2,3)12-9(14)13-6-5-8(7-13)11-4/h8-9,11-12,14H,5-7H2,1-4H3. The number of hydrogen-bond donors (Lipinski definition) is 3. The smallest absolute Gasteiger partial charge is 0.163 e. The Morgan fingerprint density at radius 2 is 2.07 bits per heavy atom. The van der Waals surface area contributed by atoms with Crippen molar-refractivity contribution >= 4 is 0 Å². The lowest BCUT2D eigenvalue weighted by atomic mass is 10.1. The van der Waals surface area contributed by atoms with Crippen molar-refractivity contribution in [1.82, 2.24) is 15.5 Å². The highest BCUT2D eigenvalue weighted by Crippen LogP contribution is 2.12. The Hall–Kier alpha value is -0.160. The molecule has 0 aromatic heterocycles. The molecule has 0 aliphatic carbocycles. The summed E-state index contributed by atoms with van der Waals surface area (Å²) < 4.78 is 0. The van der Waals surface area contributed by atoms with E-state index in [4.69, 9.17) is 0 Å². The summed E-state index contributed by atoms with van der Waals surface area (Å²) in [7, 11) is 1.97. The van der Waals surface area contributed by atoms with Crippen LogP contribution in [-0.2, 0) is 0 Å². The van der Waals surface area contributed by atoms with Gasteiger partial charge in [-0.25, -0.2) is 0 Å². The maximum absolute atomic E-state index is 9.88. The van der Waals surface area contributed by atoms with E-state index in [1.807, 2.05) is 7.05 Å². The van der Waals surface area contributed by atoms with Crippen LogP contribution in [-0.4, -0.2) is 48.1 Å². The van der Waals surface area contributed by atoms with E-state index in [1.54, 1.807) is 0 Å². The maximum atomic E-state index is 9.88. The molecule has 0 amide bonds. The van der Waals surface area contributed by atoms with Crippen LogP contribution < -0.4 is 10.6 Å². The SMILES string of the molecule is CNC1CCN(C(O)NC(C)(C)C)C1. The average Bonchev–Trinajstić information content (AvgIpc) is 2.48. The van der Waals surface area contributed by atoms with Crippen molar-refractivity contribution in [2.75, 3.05) is 20.1 Å². The lowest BCUT2D eigenvalue weighted by Gasteiger charge is -2.30. The maximum Gasteiger partial charge on any atom is 0.163 e. The third kappa shape index (κ3) is 3.53. The number of aliphatic hydroxyl groups is 1. The van der Waals surface area contributed by atoms with Gasteiger partial charge in [-0.2, -0.15) is 0 Å². The van der Waals surface area contributed by atoms with Gasteiger partial charge in [-0.3, -0.25) is 10.2 Å². The van der Waals surface area contributed by atoms with Gasteiger partial charge in [0.25, 0.3) is 0 Å². The second-order valence-corrected chi connectivity index (χ2v) is 5.04. The molecule has 1 aliphatic heterocycles. The van der Waals surface area contributed by atoms with Crippen LogP contribution >= 0.6 is 0 Å². The highest BCUT2D eigenvalue weighted by molar-refractivity contribution is 4.82. The van der Waals surface area contributed by atoms with Crippen LogP contribution in [0.5, 0.6) is 0 Å². The minimum absolute atomic E-state index is 0.0445. The van der Waals surface area contributed by atoms with E-state index < -0.39 is 6.35 Å². The molecule has 0 spiro atoms. The molecule has 1 aliphatic rings. The van der Waals surface area contributed by atoms with Crippen molar-refractivity contribution in [3.05, 3.63) is 0 Å². The van der Waals surface area contributed by atoms with Gasteiger partial charge >= 0.3 is 0 Å². The first kappa shape index (κ1) is 11.9. The quantitative estimate of drug-likeness (QED) is 0.560. The number of hydrogen-bond acceptors (Lipinski definition) is 4. The fourth-order valence-corrected chi connectivity index (χ4v) is 1.72. The molecule has 2 atom stereocenters. The van der Waals surface area contributed by atoms with E-state index in [1.165, 1.54) is 0 Å². The first-order valence-electron chi connectivity index (χ1n) is 5.29. The molecular weight excluding hydrogens is 178 g/mol. The Balaban J connectivity index is 2.35. The minimum atomic E-state index is -0.520. The van der Waals surface area contributed by atoms with Crippen molar-refractivity contribution in [1.29, 1.82) is 0 Å². The third-order valence-corrected chi connectivity index (χ3v) is 2.54. The molecule has 84 valence electrons. The molecule has 0 bridgehead atoms. The predicted molar refractivity (Wildman–Crippen MR) is 57.9 cm³/mol. The molecule has 4 heteroatoms. The second-order valence-electron chi connectivity index (χ2n) is 5.04. The number of rotatable bonds is 3. The van der Waals surface area contributed by atoms with E-state index >= 15 is 0 Å².